The largest absolute Gasteiger partial charge is 0.465 e. The van der Waals surface area contributed by atoms with E-state index >= 15 is 0 Å². The van der Waals surface area contributed by atoms with E-state index in [1.54, 1.807) is 18.3 Å². The van der Waals surface area contributed by atoms with Gasteiger partial charge >= 0.3 is 5.97 Å². The SMILES string of the molecule is COC(=O)c1ccc(S(=O)(=O)NCCc2ccc(Cl)nc2)cc1Cl. The van der Waals surface area contributed by atoms with E-state index in [2.05, 4.69) is 14.4 Å². The van der Waals surface area contributed by atoms with Gasteiger partial charge in [0, 0.05) is 12.7 Å². The summed E-state index contributed by atoms with van der Waals surface area (Å²) in [7, 11) is -2.52. The van der Waals surface area contributed by atoms with Gasteiger partial charge in [-0.15, -0.1) is 0 Å². The second-order valence-corrected chi connectivity index (χ2v) is 7.33. The Morgan fingerprint density at radius 2 is 2.00 bits per heavy atom. The molecule has 0 saturated heterocycles. The van der Waals surface area contributed by atoms with Crippen molar-refractivity contribution in [3.8, 4) is 0 Å². The molecule has 24 heavy (non-hydrogen) atoms. The summed E-state index contributed by atoms with van der Waals surface area (Å²) in [4.78, 5) is 15.4. The minimum atomic E-state index is -3.74. The van der Waals surface area contributed by atoms with Gasteiger partial charge in [0.1, 0.15) is 5.15 Å². The van der Waals surface area contributed by atoms with Crippen molar-refractivity contribution in [2.24, 2.45) is 0 Å². The number of pyridine rings is 1. The average Bonchev–Trinajstić information content (AvgIpc) is 2.55. The van der Waals surface area contributed by atoms with E-state index in [1.165, 1.54) is 25.3 Å². The molecule has 2 aromatic rings. The number of halogens is 2. The third-order valence-electron chi connectivity index (χ3n) is 3.15. The molecule has 0 fully saturated rings. The molecular weight excluding hydrogens is 375 g/mol. The Labute approximate surface area is 149 Å². The zero-order valence-corrected chi connectivity index (χ0v) is 15.0. The zero-order chi connectivity index (χ0) is 17.7. The lowest BCUT2D eigenvalue weighted by atomic mass is 10.2. The van der Waals surface area contributed by atoms with Gasteiger partial charge in [-0.1, -0.05) is 29.3 Å². The molecule has 1 heterocycles. The monoisotopic (exact) mass is 388 g/mol. The molecule has 1 N–H and O–H groups in total. The maximum absolute atomic E-state index is 12.3. The first-order chi connectivity index (χ1) is 11.3. The first-order valence-corrected chi connectivity index (χ1v) is 9.05. The standard InChI is InChI=1S/C15H14Cl2N2O4S/c1-23-15(20)12-4-3-11(8-13(12)16)24(21,22)19-7-6-10-2-5-14(17)18-9-10/h2-5,8-9,19H,6-7H2,1H3. The number of aromatic nitrogens is 1. The number of benzene rings is 1. The van der Waals surface area contributed by atoms with Crippen molar-refractivity contribution in [2.75, 3.05) is 13.7 Å². The molecule has 0 aliphatic carbocycles. The van der Waals surface area contributed by atoms with Gasteiger partial charge in [-0.2, -0.15) is 0 Å². The van der Waals surface area contributed by atoms with Crippen LogP contribution in [0.25, 0.3) is 0 Å². The quantitative estimate of drug-likeness (QED) is 0.607. The molecule has 6 nitrogen and oxygen atoms in total. The smallest absolute Gasteiger partial charge is 0.339 e. The Balaban J connectivity index is 2.06. The van der Waals surface area contributed by atoms with E-state index in [0.717, 1.165) is 5.56 Å². The molecule has 1 aromatic carbocycles. The highest BCUT2D eigenvalue weighted by Gasteiger charge is 2.18. The van der Waals surface area contributed by atoms with Gasteiger partial charge in [0.25, 0.3) is 0 Å². The van der Waals surface area contributed by atoms with Crippen LogP contribution in [0.2, 0.25) is 10.2 Å². The van der Waals surface area contributed by atoms with Gasteiger partial charge in [-0.25, -0.2) is 22.9 Å². The normalized spacial score (nSPS) is 11.3. The highest BCUT2D eigenvalue weighted by atomic mass is 35.5. The van der Waals surface area contributed by atoms with Crippen LogP contribution in [0.15, 0.2) is 41.4 Å². The van der Waals surface area contributed by atoms with E-state index in [4.69, 9.17) is 23.2 Å². The molecule has 128 valence electrons. The van der Waals surface area contributed by atoms with Gasteiger partial charge in [0.2, 0.25) is 10.0 Å². The maximum Gasteiger partial charge on any atom is 0.339 e. The van der Waals surface area contributed by atoms with E-state index in [9.17, 15) is 13.2 Å². The summed E-state index contributed by atoms with van der Waals surface area (Å²) >= 11 is 11.6. The van der Waals surface area contributed by atoms with Crippen LogP contribution in [0.1, 0.15) is 15.9 Å². The molecule has 0 aliphatic rings. The summed E-state index contributed by atoms with van der Waals surface area (Å²) < 4.78 is 31.5. The Hall–Kier alpha value is -1.67. The van der Waals surface area contributed by atoms with Crippen molar-refractivity contribution in [2.45, 2.75) is 11.3 Å². The summed E-state index contributed by atoms with van der Waals surface area (Å²) in [5.74, 6) is -0.632. The molecule has 0 spiro atoms. The summed E-state index contributed by atoms with van der Waals surface area (Å²) in [5.41, 5.74) is 0.950. The van der Waals surface area contributed by atoms with Gasteiger partial charge in [0.05, 0.1) is 22.6 Å². The second-order valence-electron chi connectivity index (χ2n) is 4.77. The second kappa shape index (κ2) is 7.94. The third kappa shape index (κ3) is 4.67. The predicted molar refractivity (Wildman–Crippen MR) is 90.9 cm³/mol. The Morgan fingerprint density at radius 1 is 1.25 bits per heavy atom. The van der Waals surface area contributed by atoms with Crippen molar-refractivity contribution in [3.63, 3.8) is 0 Å². The Bertz CT molecular complexity index is 839. The van der Waals surface area contributed by atoms with Crippen LogP contribution in [0.4, 0.5) is 0 Å². The van der Waals surface area contributed by atoms with Crippen molar-refractivity contribution >= 4 is 39.2 Å². The fraction of sp³-hybridized carbons (Fsp3) is 0.200. The number of carbonyl (C=O) groups is 1. The van der Waals surface area contributed by atoms with Crippen molar-refractivity contribution in [1.29, 1.82) is 0 Å². The van der Waals surface area contributed by atoms with Crippen molar-refractivity contribution in [1.82, 2.24) is 9.71 Å². The van der Waals surface area contributed by atoms with Gasteiger partial charge < -0.3 is 4.74 Å². The van der Waals surface area contributed by atoms with Crippen molar-refractivity contribution in [3.05, 3.63) is 57.8 Å². The molecule has 0 atom stereocenters. The minimum absolute atomic E-state index is 0.00614. The molecule has 0 bridgehead atoms. The summed E-state index contributed by atoms with van der Waals surface area (Å²) in [6, 6.07) is 7.22. The van der Waals surface area contributed by atoms with Crippen LogP contribution in [0.5, 0.6) is 0 Å². The van der Waals surface area contributed by atoms with Crippen LogP contribution in [-0.2, 0) is 21.2 Å². The number of nitrogens with one attached hydrogen (secondary N) is 1. The number of esters is 1. The highest BCUT2D eigenvalue weighted by Crippen LogP contribution is 2.21. The summed E-state index contributed by atoms with van der Waals surface area (Å²) in [6.45, 7) is 0.183. The Morgan fingerprint density at radius 3 is 2.58 bits per heavy atom. The highest BCUT2D eigenvalue weighted by molar-refractivity contribution is 7.89. The van der Waals surface area contributed by atoms with Gasteiger partial charge in [-0.05, 0) is 36.2 Å². The average molecular weight is 389 g/mol. The van der Waals surface area contributed by atoms with Crippen LogP contribution in [-0.4, -0.2) is 33.0 Å². The van der Waals surface area contributed by atoms with E-state index in [0.29, 0.717) is 11.6 Å². The topological polar surface area (TPSA) is 85.4 Å². The summed E-state index contributed by atoms with van der Waals surface area (Å²) in [6.07, 6.45) is 2.04. The summed E-state index contributed by atoms with van der Waals surface area (Å²) in [5, 5.41) is 0.381. The zero-order valence-electron chi connectivity index (χ0n) is 12.6. The lowest BCUT2D eigenvalue weighted by Crippen LogP contribution is -2.26. The lowest BCUT2D eigenvalue weighted by molar-refractivity contribution is 0.0601. The first kappa shape index (κ1) is 18.7. The number of methoxy groups -OCH3 is 1. The van der Waals surface area contributed by atoms with Crippen molar-refractivity contribution < 1.29 is 17.9 Å². The fourth-order valence-electron chi connectivity index (χ4n) is 1.91. The van der Waals surface area contributed by atoms with Gasteiger partial charge in [0.15, 0.2) is 0 Å². The lowest BCUT2D eigenvalue weighted by Gasteiger charge is -2.09. The molecule has 1 aromatic heterocycles. The van der Waals surface area contributed by atoms with Crippen LogP contribution in [0, 0.1) is 0 Å². The number of ether oxygens (including phenoxy) is 1. The fourth-order valence-corrected chi connectivity index (χ4v) is 3.40. The van der Waals surface area contributed by atoms with E-state index in [1.807, 2.05) is 0 Å². The first-order valence-electron chi connectivity index (χ1n) is 6.81. The molecule has 0 saturated carbocycles. The molecule has 0 unspecified atom stereocenters. The number of carbonyl (C=O) groups excluding carboxylic acids is 1. The Kier molecular flexibility index (Phi) is 6.17. The minimum Gasteiger partial charge on any atom is -0.465 e. The van der Waals surface area contributed by atoms with Gasteiger partial charge in [-0.3, -0.25) is 0 Å². The molecule has 0 radical (unpaired) electrons. The molecule has 2 rings (SSSR count). The van der Waals surface area contributed by atoms with Crippen LogP contribution >= 0.6 is 23.2 Å². The number of nitrogens with zero attached hydrogens (tertiary/aromatic N) is 1. The number of rotatable bonds is 6. The molecule has 0 amide bonds. The number of hydrogen-bond acceptors (Lipinski definition) is 5. The van der Waals surface area contributed by atoms with E-state index < -0.39 is 16.0 Å². The predicted octanol–water partition coefficient (Wildman–Crippen LogP) is 2.70. The molecular formula is C15H14Cl2N2O4S. The molecule has 0 aliphatic heterocycles. The molecule has 9 heteroatoms. The van der Waals surface area contributed by atoms with Crippen LogP contribution < -0.4 is 4.72 Å². The maximum atomic E-state index is 12.3. The van der Waals surface area contributed by atoms with E-state index in [-0.39, 0.29) is 22.0 Å². The van der Waals surface area contributed by atoms with Crippen LogP contribution in [0.3, 0.4) is 0 Å². The third-order valence-corrected chi connectivity index (χ3v) is 5.15. The number of hydrogen-bond donors (Lipinski definition) is 1. The number of sulfonamides is 1.